The SMILES string of the molecule is [2H]C([2H])([2H])C(O)(CCCC(C)C1CCC2C(=CC=C3CC(O)CC(O)C3=C)CCCC21C)C([2H])([2H])[2H]. The smallest absolute Gasteiger partial charge is 0.0811 e. The first-order chi connectivity index (χ1) is 16.5. The molecule has 3 fully saturated rings. The summed E-state index contributed by atoms with van der Waals surface area (Å²) in [5, 5.41) is 30.8. The number of aliphatic hydroxyl groups excluding tert-OH is 2. The van der Waals surface area contributed by atoms with Crippen LogP contribution in [0.2, 0.25) is 0 Å². The monoisotopic (exact) mass is 422 g/mol. The van der Waals surface area contributed by atoms with Crippen LogP contribution in [0, 0.1) is 23.2 Å². The number of aliphatic hydroxyl groups is 3. The van der Waals surface area contributed by atoms with E-state index >= 15 is 0 Å². The fourth-order valence-corrected chi connectivity index (χ4v) is 6.56. The molecule has 0 saturated heterocycles. The second kappa shape index (κ2) is 9.30. The summed E-state index contributed by atoms with van der Waals surface area (Å²) in [6.07, 6.45) is 10.0. The molecule has 0 radical (unpaired) electrons. The highest BCUT2D eigenvalue weighted by molar-refractivity contribution is 5.38. The zero-order valence-corrected chi connectivity index (χ0v) is 18.7. The number of hydrogen-bond donors (Lipinski definition) is 3. The molecule has 3 aliphatic rings. The Kier molecular flexibility index (Phi) is 5.18. The van der Waals surface area contributed by atoms with Crippen LogP contribution < -0.4 is 0 Å². The van der Waals surface area contributed by atoms with Gasteiger partial charge in [-0.2, -0.15) is 0 Å². The molecule has 170 valence electrons. The number of fused-ring (bicyclic) bond motifs is 1. The van der Waals surface area contributed by atoms with Crippen molar-refractivity contribution in [1.82, 2.24) is 0 Å². The van der Waals surface area contributed by atoms with Crippen LogP contribution in [0.25, 0.3) is 0 Å². The van der Waals surface area contributed by atoms with Crippen LogP contribution in [0.15, 0.2) is 35.5 Å². The Bertz CT molecular complexity index is 860. The topological polar surface area (TPSA) is 60.7 Å². The van der Waals surface area contributed by atoms with Gasteiger partial charge in [0.1, 0.15) is 0 Å². The summed E-state index contributed by atoms with van der Waals surface area (Å²) in [4.78, 5) is 0. The Morgan fingerprint density at radius 2 is 2.07 bits per heavy atom. The van der Waals surface area contributed by atoms with Crippen molar-refractivity contribution in [3.05, 3.63) is 35.5 Å². The summed E-state index contributed by atoms with van der Waals surface area (Å²) in [7, 11) is 0. The van der Waals surface area contributed by atoms with E-state index in [1.54, 1.807) is 0 Å². The second-order valence-electron chi connectivity index (χ2n) is 10.4. The van der Waals surface area contributed by atoms with Gasteiger partial charge in [0.25, 0.3) is 0 Å². The quantitative estimate of drug-likeness (QED) is 0.514. The summed E-state index contributed by atoms with van der Waals surface area (Å²) in [5.41, 5.74) is 0.463. The van der Waals surface area contributed by atoms with Crippen molar-refractivity contribution in [2.45, 2.75) is 110 Å². The van der Waals surface area contributed by atoms with Crippen molar-refractivity contribution in [3.8, 4) is 0 Å². The van der Waals surface area contributed by atoms with Crippen molar-refractivity contribution in [3.63, 3.8) is 0 Å². The molecule has 0 aliphatic heterocycles. The first-order valence-corrected chi connectivity index (χ1v) is 11.7. The molecule has 6 unspecified atom stereocenters. The summed E-state index contributed by atoms with van der Waals surface area (Å²) in [5.74, 6) is 1.18. The Labute approximate surface area is 192 Å². The van der Waals surface area contributed by atoms with Crippen LogP contribution in [0.4, 0.5) is 0 Å². The fraction of sp³-hybridized carbons (Fsp3) is 0.778. The summed E-state index contributed by atoms with van der Waals surface area (Å²) < 4.78 is 45.6. The Balaban J connectivity index is 1.69. The molecule has 0 spiro atoms. The average molecular weight is 423 g/mol. The van der Waals surface area contributed by atoms with Crippen LogP contribution in [0.1, 0.15) is 100.0 Å². The van der Waals surface area contributed by atoms with Crippen LogP contribution in [-0.2, 0) is 0 Å². The molecule has 0 aromatic heterocycles. The number of hydrogen-bond acceptors (Lipinski definition) is 3. The second-order valence-corrected chi connectivity index (χ2v) is 10.4. The van der Waals surface area contributed by atoms with Crippen molar-refractivity contribution >= 4 is 0 Å². The van der Waals surface area contributed by atoms with E-state index in [-0.39, 0.29) is 11.8 Å². The third kappa shape index (κ3) is 5.29. The van der Waals surface area contributed by atoms with E-state index in [1.807, 2.05) is 6.08 Å². The van der Waals surface area contributed by atoms with Crippen molar-refractivity contribution in [2.24, 2.45) is 23.2 Å². The highest BCUT2D eigenvalue weighted by Gasteiger charge is 2.50. The Hall–Kier alpha value is -0.900. The molecule has 3 aliphatic carbocycles. The molecule has 3 saturated carbocycles. The van der Waals surface area contributed by atoms with Gasteiger partial charge in [-0.3, -0.25) is 0 Å². The van der Waals surface area contributed by atoms with Gasteiger partial charge in [-0.1, -0.05) is 51.0 Å². The molecule has 30 heavy (non-hydrogen) atoms. The lowest BCUT2D eigenvalue weighted by atomic mass is 9.60. The molecule has 3 nitrogen and oxygen atoms in total. The molecule has 0 amide bonds. The Morgan fingerprint density at radius 1 is 1.30 bits per heavy atom. The lowest BCUT2D eigenvalue weighted by molar-refractivity contribution is 0.0596. The van der Waals surface area contributed by atoms with Crippen LogP contribution in [-0.4, -0.2) is 33.1 Å². The molecular weight excluding hydrogens is 372 g/mol. The first-order valence-electron chi connectivity index (χ1n) is 14.7. The third-order valence-corrected chi connectivity index (χ3v) is 8.19. The van der Waals surface area contributed by atoms with Gasteiger partial charge in [-0.25, -0.2) is 0 Å². The minimum atomic E-state index is -2.96. The van der Waals surface area contributed by atoms with Crippen molar-refractivity contribution in [2.75, 3.05) is 0 Å². The van der Waals surface area contributed by atoms with Crippen LogP contribution in [0.3, 0.4) is 0 Å². The largest absolute Gasteiger partial charge is 0.393 e. The van der Waals surface area contributed by atoms with Crippen molar-refractivity contribution in [1.29, 1.82) is 0 Å². The van der Waals surface area contributed by atoms with Gasteiger partial charge < -0.3 is 15.3 Å². The molecule has 3 N–H and O–H groups in total. The van der Waals surface area contributed by atoms with E-state index in [0.717, 1.165) is 37.7 Å². The molecule has 3 rings (SSSR count). The highest BCUT2D eigenvalue weighted by Crippen LogP contribution is 2.60. The minimum Gasteiger partial charge on any atom is -0.393 e. The molecule has 0 aromatic rings. The maximum atomic E-state index is 10.6. The number of allylic oxidation sites excluding steroid dienone is 3. The van der Waals surface area contributed by atoms with Crippen LogP contribution >= 0.6 is 0 Å². The van der Waals surface area contributed by atoms with Gasteiger partial charge in [-0.05, 0) is 93.0 Å². The number of rotatable bonds is 6. The maximum Gasteiger partial charge on any atom is 0.0811 e. The van der Waals surface area contributed by atoms with Gasteiger partial charge in [0, 0.05) is 14.6 Å². The van der Waals surface area contributed by atoms with E-state index in [2.05, 4.69) is 26.5 Å². The normalized spacial score (nSPS) is 42.6. The summed E-state index contributed by atoms with van der Waals surface area (Å²) >= 11 is 0. The van der Waals surface area contributed by atoms with Gasteiger partial charge in [0.2, 0.25) is 0 Å². The average Bonchev–Trinajstić information content (AvgIpc) is 3.11. The molecule has 0 heterocycles. The molecule has 6 atom stereocenters. The highest BCUT2D eigenvalue weighted by atomic mass is 16.3. The van der Waals surface area contributed by atoms with E-state index < -0.39 is 31.5 Å². The van der Waals surface area contributed by atoms with E-state index in [4.69, 9.17) is 8.22 Å². The lowest BCUT2D eigenvalue weighted by Gasteiger charge is -2.44. The first kappa shape index (κ1) is 16.7. The fourth-order valence-electron chi connectivity index (χ4n) is 6.56. The zero-order valence-electron chi connectivity index (χ0n) is 24.7. The van der Waals surface area contributed by atoms with Gasteiger partial charge >= 0.3 is 0 Å². The van der Waals surface area contributed by atoms with E-state index in [1.165, 1.54) is 5.57 Å². The maximum absolute atomic E-state index is 10.6. The molecular formula is C27H44O3. The molecule has 3 heteroatoms. The van der Waals surface area contributed by atoms with Gasteiger partial charge in [-0.15, -0.1) is 0 Å². The lowest BCUT2D eigenvalue weighted by Crippen LogP contribution is -2.36. The van der Waals surface area contributed by atoms with E-state index in [9.17, 15) is 15.3 Å². The standard InChI is InChI=1S/C27H44O3/c1-18(8-6-14-26(3,4)30)23-12-13-24-20(9-7-15-27(23,24)5)10-11-21-16-22(28)17-25(29)19(21)2/h10-11,18,22-25,28-30H,2,6-9,12-17H2,1,3-5H3/i3D3,4D3. The van der Waals surface area contributed by atoms with E-state index in [0.29, 0.717) is 49.0 Å². The molecule has 0 aromatic carbocycles. The van der Waals surface area contributed by atoms with Gasteiger partial charge in [0.05, 0.1) is 17.8 Å². The summed E-state index contributed by atoms with van der Waals surface area (Å²) in [6, 6.07) is 0. The predicted molar refractivity (Wildman–Crippen MR) is 124 cm³/mol. The third-order valence-electron chi connectivity index (χ3n) is 8.19. The Morgan fingerprint density at radius 3 is 2.80 bits per heavy atom. The van der Waals surface area contributed by atoms with Crippen LogP contribution in [0.5, 0.6) is 0 Å². The van der Waals surface area contributed by atoms with Crippen molar-refractivity contribution < 1.29 is 23.5 Å². The zero-order chi connectivity index (χ0) is 27.1. The van der Waals surface area contributed by atoms with Gasteiger partial charge in [0.15, 0.2) is 0 Å². The molecule has 0 bridgehead atoms. The summed E-state index contributed by atoms with van der Waals surface area (Å²) in [6.45, 7) is 2.64. The predicted octanol–water partition coefficient (Wildman–Crippen LogP) is 5.70. The minimum absolute atomic E-state index is 0.120.